The summed E-state index contributed by atoms with van der Waals surface area (Å²) in [6.45, 7) is 3.57. The maximum absolute atomic E-state index is 13.0. The van der Waals surface area contributed by atoms with Gasteiger partial charge in [0.05, 0.1) is 0 Å². The second kappa shape index (κ2) is 6.83. The lowest BCUT2D eigenvalue weighted by Crippen LogP contribution is -2.64. The Bertz CT molecular complexity index is 777. The molecule has 4 aliphatic carbocycles. The average Bonchev–Trinajstić information content (AvgIpc) is 2.65. The molecule has 28 heavy (non-hydrogen) atoms. The highest BCUT2D eigenvalue weighted by molar-refractivity contribution is 6.30. The number of benzene rings is 1. The molecule has 4 aliphatic rings. The van der Waals surface area contributed by atoms with Gasteiger partial charge in [-0.05, 0) is 88.0 Å². The fourth-order valence-electron chi connectivity index (χ4n) is 5.85. The first-order chi connectivity index (χ1) is 13.2. The van der Waals surface area contributed by atoms with Crippen LogP contribution in [-0.2, 0) is 4.79 Å². The van der Waals surface area contributed by atoms with E-state index in [1.54, 1.807) is 38.1 Å². The van der Waals surface area contributed by atoms with E-state index in [9.17, 15) is 10.0 Å². The van der Waals surface area contributed by atoms with E-state index in [1.807, 2.05) is 0 Å². The largest absolute Gasteiger partial charge is 0.478 e. The van der Waals surface area contributed by atoms with E-state index in [0.29, 0.717) is 34.4 Å². The molecule has 152 valence electrons. The Labute approximate surface area is 170 Å². The number of hydrogen-bond donors (Lipinski definition) is 3. The SMILES string of the molecule is CC(C)(Oc1ccc(Cl)cc1)C(=O)NC1C2CC3CC1CC(/C(N)=N/O)(C3)C2. The number of rotatable bonds is 5. The van der Waals surface area contributed by atoms with Gasteiger partial charge in [0.15, 0.2) is 5.60 Å². The number of amidine groups is 1. The zero-order valence-electron chi connectivity index (χ0n) is 16.3. The van der Waals surface area contributed by atoms with E-state index < -0.39 is 5.60 Å². The van der Waals surface area contributed by atoms with E-state index in [1.165, 1.54) is 0 Å². The number of nitrogens with two attached hydrogens (primary N) is 1. The number of oxime groups is 1. The summed E-state index contributed by atoms with van der Waals surface area (Å²) in [5.41, 5.74) is 4.88. The first-order valence-corrected chi connectivity index (χ1v) is 10.3. The third-order valence-corrected chi connectivity index (χ3v) is 7.21. The predicted molar refractivity (Wildman–Crippen MR) is 107 cm³/mol. The third kappa shape index (κ3) is 3.32. The van der Waals surface area contributed by atoms with E-state index in [2.05, 4.69) is 10.5 Å². The van der Waals surface area contributed by atoms with Crippen LogP contribution in [0.15, 0.2) is 29.4 Å². The van der Waals surface area contributed by atoms with Gasteiger partial charge in [0.2, 0.25) is 0 Å². The van der Waals surface area contributed by atoms with Crippen molar-refractivity contribution in [3.8, 4) is 5.75 Å². The summed E-state index contributed by atoms with van der Waals surface area (Å²) in [7, 11) is 0. The molecule has 0 aliphatic heterocycles. The van der Waals surface area contributed by atoms with Crippen LogP contribution in [-0.4, -0.2) is 28.6 Å². The molecule has 7 heteroatoms. The van der Waals surface area contributed by atoms with Crippen LogP contribution in [0.3, 0.4) is 0 Å². The standard InChI is InChI=1S/C21H28ClN3O3/c1-20(2,28-16-5-3-15(22)4-6-16)19(26)24-17-13-7-12-8-14(17)11-21(9-12,10-13)18(23)25-27/h3-6,12-14,17,27H,7-11H2,1-2H3,(H2,23,25)(H,24,26). The molecule has 1 amide bonds. The van der Waals surface area contributed by atoms with Crippen LogP contribution in [0.4, 0.5) is 0 Å². The maximum atomic E-state index is 13.0. The van der Waals surface area contributed by atoms with Crippen LogP contribution in [0.1, 0.15) is 46.0 Å². The van der Waals surface area contributed by atoms with E-state index in [0.717, 1.165) is 32.1 Å². The Morgan fingerprint density at radius 3 is 2.43 bits per heavy atom. The summed E-state index contributed by atoms with van der Waals surface area (Å²) >= 11 is 5.92. The minimum atomic E-state index is -0.994. The normalized spacial score (nSPS) is 34.3. The number of halogens is 1. The van der Waals surface area contributed by atoms with E-state index in [4.69, 9.17) is 22.1 Å². The molecule has 5 rings (SSSR count). The lowest BCUT2D eigenvalue weighted by molar-refractivity contribution is -0.139. The zero-order chi connectivity index (χ0) is 20.1. The Balaban J connectivity index is 1.46. The van der Waals surface area contributed by atoms with Gasteiger partial charge in [0.1, 0.15) is 11.6 Å². The van der Waals surface area contributed by atoms with Gasteiger partial charge < -0.3 is 21.0 Å². The number of ether oxygens (including phenoxy) is 1. The van der Waals surface area contributed by atoms with Crippen LogP contribution >= 0.6 is 11.6 Å². The molecule has 0 aromatic heterocycles. The zero-order valence-corrected chi connectivity index (χ0v) is 17.1. The molecular formula is C21H28ClN3O3. The topological polar surface area (TPSA) is 96.9 Å². The van der Waals surface area contributed by atoms with Crippen molar-refractivity contribution in [2.24, 2.45) is 34.1 Å². The fourth-order valence-corrected chi connectivity index (χ4v) is 5.97. The highest BCUT2D eigenvalue weighted by Gasteiger charge is 2.57. The van der Waals surface area contributed by atoms with Gasteiger partial charge in [-0.3, -0.25) is 4.79 Å². The number of nitrogens with zero attached hydrogens (tertiary/aromatic N) is 1. The predicted octanol–water partition coefficient (Wildman–Crippen LogP) is 3.55. The Hall–Kier alpha value is -1.95. The minimum absolute atomic E-state index is 0.113. The fraction of sp³-hybridized carbons (Fsp3) is 0.619. The molecule has 4 fully saturated rings. The van der Waals surface area contributed by atoms with Crippen LogP contribution in [0.5, 0.6) is 5.75 Å². The number of carbonyl (C=O) groups excluding carboxylic acids is 1. The summed E-state index contributed by atoms with van der Waals surface area (Å²) in [5.74, 6) is 2.19. The van der Waals surface area contributed by atoms with Gasteiger partial charge in [-0.1, -0.05) is 16.8 Å². The molecule has 4 bridgehead atoms. The summed E-state index contributed by atoms with van der Waals surface area (Å²) in [5, 5.41) is 16.5. The Morgan fingerprint density at radius 2 is 1.86 bits per heavy atom. The molecule has 0 heterocycles. The molecule has 4 saturated carbocycles. The monoisotopic (exact) mass is 405 g/mol. The molecule has 0 saturated heterocycles. The summed E-state index contributed by atoms with van der Waals surface area (Å²) in [6.07, 6.45) is 4.95. The average molecular weight is 406 g/mol. The summed E-state index contributed by atoms with van der Waals surface area (Å²) < 4.78 is 5.94. The van der Waals surface area contributed by atoms with Crippen molar-refractivity contribution in [2.45, 2.75) is 57.6 Å². The van der Waals surface area contributed by atoms with Crippen molar-refractivity contribution in [3.63, 3.8) is 0 Å². The molecule has 6 nitrogen and oxygen atoms in total. The summed E-state index contributed by atoms with van der Waals surface area (Å²) in [4.78, 5) is 13.0. The third-order valence-electron chi connectivity index (χ3n) is 6.96. The smallest absolute Gasteiger partial charge is 0.263 e. The van der Waals surface area contributed by atoms with E-state index >= 15 is 0 Å². The molecule has 2 atom stereocenters. The molecule has 0 radical (unpaired) electrons. The first kappa shape index (κ1) is 19.4. The minimum Gasteiger partial charge on any atom is -0.478 e. The van der Waals surface area contributed by atoms with Crippen LogP contribution in [0.25, 0.3) is 0 Å². The Kier molecular flexibility index (Phi) is 4.73. The van der Waals surface area contributed by atoms with Gasteiger partial charge in [-0.2, -0.15) is 0 Å². The number of amides is 1. The van der Waals surface area contributed by atoms with Crippen molar-refractivity contribution >= 4 is 23.3 Å². The molecular weight excluding hydrogens is 378 g/mol. The second-order valence-electron chi connectivity index (χ2n) is 9.30. The van der Waals surface area contributed by atoms with Crippen molar-refractivity contribution in [1.82, 2.24) is 5.32 Å². The van der Waals surface area contributed by atoms with Gasteiger partial charge >= 0.3 is 0 Å². The van der Waals surface area contributed by atoms with Gasteiger partial charge in [0, 0.05) is 16.5 Å². The molecule has 0 spiro atoms. The number of hydrogen-bond acceptors (Lipinski definition) is 4. The van der Waals surface area contributed by atoms with Gasteiger partial charge in [-0.15, -0.1) is 0 Å². The lowest BCUT2D eigenvalue weighted by atomic mass is 9.47. The summed E-state index contributed by atoms with van der Waals surface area (Å²) in [6, 6.07) is 7.14. The first-order valence-electron chi connectivity index (χ1n) is 9.96. The molecule has 2 unspecified atom stereocenters. The number of nitrogens with one attached hydrogen (secondary N) is 1. The van der Waals surface area contributed by atoms with Gasteiger partial charge in [0.25, 0.3) is 5.91 Å². The van der Waals surface area contributed by atoms with Crippen molar-refractivity contribution < 1.29 is 14.7 Å². The number of carbonyl (C=O) groups is 1. The highest BCUT2D eigenvalue weighted by Crippen LogP contribution is 2.60. The highest BCUT2D eigenvalue weighted by atomic mass is 35.5. The van der Waals surface area contributed by atoms with Crippen molar-refractivity contribution in [2.75, 3.05) is 0 Å². The second-order valence-corrected chi connectivity index (χ2v) is 9.74. The quantitative estimate of drug-likeness (QED) is 0.302. The molecule has 1 aromatic rings. The van der Waals surface area contributed by atoms with Crippen LogP contribution in [0, 0.1) is 23.2 Å². The Morgan fingerprint density at radius 1 is 1.25 bits per heavy atom. The molecule has 4 N–H and O–H groups in total. The van der Waals surface area contributed by atoms with Crippen molar-refractivity contribution in [1.29, 1.82) is 0 Å². The van der Waals surface area contributed by atoms with Crippen molar-refractivity contribution in [3.05, 3.63) is 29.3 Å². The molecule has 1 aromatic carbocycles. The van der Waals surface area contributed by atoms with Crippen LogP contribution in [0.2, 0.25) is 5.02 Å². The van der Waals surface area contributed by atoms with Crippen LogP contribution < -0.4 is 15.8 Å². The van der Waals surface area contributed by atoms with E-state index in [-0.39, 0.29) is 17.4 Å². The maximum Gasteiger partial charge on any atom is 0.263 e. The van der Waals surface area contributed by atoms with Gasteiger partial charge in [-0.25, -0.2) is 0 Å². The lowest BCUT2D eigenvalue weighted by Gasteiger charge is -2.59.